The van der Waals surface area contributed by atoms with Crippen LogP contribution in [0.2, 0.25) is 0 Å². The van der Waals surface area contributed by atoms with Crippen LogP contribution < -0.4 is 5.32 Å². The van der Waals surface area contributed by atoms with Crippen LogP contribution in [0.5, 0.6) is 0 Å². The number of aromatic nitrogens is 1. The molecule has 1 aromatic heterocycles. The molecule has 0 aliphatic carbocycles. The molecule has 0 spiro atoms. The molecule has 0 saturated carbocycles. The minimum absolute atomic E-state index is 0.000772. The average Bonchev–Trinajstić information content (AvgIpc) is 2.83. The van der Waals surface area contributed by atoms with E-state index in [4.69, 9.17) is 0 Å². The van der Waals surface area contributed by atoms with Crippen LogP contribution in [0.25, 0.3) is 0 Å². The predicted octanol–water partition coefficient (Wildman–Crippen LogP) is 2.89. The predicted molar refractivity (Wildman–Crippen MR) is 88.8 cm³/mol. The van der Waals surface area contributed by atoms with Crippen molar-refractivity contribution in [2.45, 2.75) is 46.2 Å². The molecule has 7 heteroatoms. The number of thiazole rings is 1. The number of hydrogen-bond acceptors (Lipinski definition) is 4. The van der Waals surface area contributed by atoms with E-state index >= 15 is 0 Å². The summed E-state index contributed by atoms with van der Waals surface area (Å²) in [4.78, 5) is 29.5. The van der Waals surface area contributed by atoms with Gasteiger partial charge in [-0.2, -0.15) is 0 Å². The molecule has 0 radical (unpaired) electrons. The minimum atomic E-state index is -0.579. The Bertz CT molecular complexity index is 500. The molecule has 2 amide bonds. The molecule has 0 saturated heterocycles. The smallest absolute Gasteiger partial charge is 0.318 e. The van der Waals surface area contributed by atoms with Crippen LogP contribution in [0, 0.1) is 5.92 Å². The first kappa shape index (κ1) is 18.0. The number of carbonyl (C=O) groups excluding carboxylic acids is 2. The van der Waals surface area contributed by atoms with Gasteiger partial charge in [-0.05, 0) is 5.92 Å². The lowest BCUT2D eigenvalue weighted by Crippen LogP contribution is -2.47. The monoisotopic (exact) mass is 329 g/mol. The van der Waals surface area contributed by atoms with Crippen LogP contribution in [0.3, 0.4) is 0 Å². The third-order valence-electron chi connectivity index (χ3n) is 3.02. The Labute approximate surface area is 135 Å². The molecule has 1 rings (SSSR count). The molecule has 0 fully saturated rings. The Balaban J connectivity index is 2.63. The second kappa shape index (κ2) is 7.79. The first-order chi connectivity index (χ1) is 9.72. The number of urea groups is 1. The van der Waals surface area contributed by atoms with Gasteiger partial charge in [-0.3, -0.25) is 4.79 Å². The highest BCUT2D eigenvalue weighted by atomic mass is 32.1. The maximum atomic E-state index is 12.1. The van der Waals surface area contributed by atoms with Crippen molar-refractivity contribution in [1.82, 2.24) is 15.2 Å². The van der Waals surface area contributed by atoms with Crippen molar-refractivity contribution in [3.63, 3.8) is 0 Å². The van der Waals surface area contributed by atoms with Crippen LogP contribution in [0.15, 0.2) is 5.38 Å². The molecule has 1 heterocycles. The van der Waals surface area contributed by atoms with Crippen LogP contribution in [-0.2, 0) is 11.3 Å². The zero-order valence-electron chi connectivity index (χ0n) is 13.1. The van der Waals surface area contributed by atoms with Gasteiger partial charge in [-0.25, -0.2) is 9.78 Å². The van der Waals surface area contributed by atoms with E-state index in [1.807, 2.05) is 19.2 Å². The second-order valence-corrected chi connectivity index (χ2v) is 7.03. The van der Waals surface area contributed by atoms with Crippen LogP contribution in [-0.4, -0.2) is 34.1 Å². The van der Waals surface area contributed by atoms with Gasteiger partial charge in [0.05, 0.1) is 17.2 Å². The summed E-state index contributed by atoms with van der Waals surface area (Å²) in [5.41, 5.74) is 0.861. The molecular formula is C14H23N3O2S2. The van der Waals surface area contributed by atoms with Crippen molar-refractivity contribution in [2.75, 3.05) is 7.05 Å². The van der Waals surface area contributed by atoms with Gasteiger partial charge in [0.1, 0.15) is 6.04 Å². The molecule has 1 atom stereocenters. The number of rotatable bonds is 6. The van der Waals surface area contributed by atoms with E-state index in [2.05, 4.69) is 36.8 Å². The van der Waals surface area contributed by atoms with Crippen molar-refractivity contribution < 1.29 is 9.59 Å². The Kier molecular flexibility index (Phi) is 6.67. The normalized spacial score (nSPS) is 12.6. The second-order valence-electron chi connectivity index (χ2n) is 5.70. The van der Waals surface area contributed by atoms with Crippen molar-refractivity contribution >= 4 is 35.1 Å². The van der Waals surface area contributed by atoms with E-state index in [1.165, 1.54) is 4.90 Å². The summed E-state index contributed by atoms with van der Waals surface area (Å²) < 4.78 is 0. The van der Waals surface area contributed by atoms with Crippen LogP contribution in [0.1, 0.15) is 44.3 Å². The lowest BCUT2D eigenvalue weighted by atomic mass is 10.1. The van der Waals surface area contributed by atoms with Gasteiger partial charge in [0, 0.05) is 18.3 Å². The Morgan fingerprint density at radius 3 is 2.43 bits per heavy atom. The molecule has 0 bridgehead atoms. The molecule has 1 aromatic rings. The van der Waals surface area contributed by atoms with Crippen LogP contribution >= 0.6 is 24.0 Å². The Hall–Kier alpha value is -1.08. The fraction of sp³-hybridized carbons (Fsp3) is 0.643. The minimum Gasteiger partial charge on any atom is -0.327 e. The standard InChI is InChI=1S/C14H23N3O2S2/c1-8(2)11(13(18)20)16-14(19)17(5)6-10-7-21-12(15-10)9(3)4/h7-9,11H,6H2,1-5H3,(H,16,19)(H,18,20). The maximum Gasteiger partial charge on any atom is 0.318 e. The summed E-state index contributed by atoms with van der Waals surface area (Å²) in [6.45, 7) is 8.33. The molecule has 118 valence electrons. The molecule has 21 heavy (non-hydrogen) atoms. The topological polar surface area (TPSA) is 62.3 Å². The third kappa shape index (κ3) is 5.32. The van der Waals surface area contributed by atoms with Gasteiger partial charge < -0.3 is 10.2 Å². The summed E-state index contributed by atoms with van der Waals surface area (Å²) >= 11 is 5.42. The van der Waals surface area contributed by atoms with Crippen LogP contribution in [0.4, 0.5) is 4.79 Å². The van der Waals surface area contributed by atoms with E-state index in [9.17, 15) is 9.59 Å². The molecule has 1 unspecified atom stereocenters. The quantitative estimate of drug-likeness (QED) is 0.789. The average molecular weight is 329 g/mol. The molecule has 0 aliphatic heterocycles. The lowest BCUT2D eigenvalue weighted by molar-refractivity contribution is -0.113. The van der Waals surface area contributed by atoms with Gasteiger partial charge in [-0.1, -0.05) is 27.7 Å². The molecule has 1 N–H and O–H groups in total. The van der Waals surface area contributed by atoms with Gasteiger partial charge in [0.25, 0.3) is 0 Å². The summed E-state index contributed by atoms with van der Waals surface area (Å²) in [6.07, 6.45) is 0. The highest BCUT2D eigenvalue weighted by molar-refractivity contribution is 7.96. The number of nitrogens with one attached hydrogen (secondary N) is 1. The first-order valence-corrected chi connectivity index (χ1v) is 8.23. The number of amides is 2. The maximum absolute atomic E-state index is 12.1. The first-order valence-electron chi connectivity index (χ1n) is 6.91. The van der Waals surface area contributed by atoms with Gasteiger partial charge in [0.15, 0.2) is 0 Å². The van der Waals surface area contributed by atoms with Crippen molar-refractivity contribution in [2.24, 2.45) is 5.92 Å². The highest BCUT2D eigenvalue weighted by Crippen LogP contribution is 2.19. The van der Waals surface area contributed by atoms with E-state index in [1.54, 1.807) is 18.4 Å². The fourth-order valence-electron chi connectivity index (χ4n) is 1.73. The SMILES string of the molecule is CC(C)c1nc(CN(C)C(=O)NC(C(=O)S)C(C)C)cs1. The zero-order valence-corrected chi connectivity index (χ0v) is 14.8. The van der Waals surface area contributed by atoms with E-state index in [0.717, 1.165) is 10.7 Å². The van der Waals surface area contributed by atoms with Gasteiger partial charge in [0.2, 0.25) is 5.12 Å². The third-order valence-corrected chi connectivity index (χ3v) is 4.49. The van der Waals surface area contributed by atoms with E-state index in [0.29, 0.717) is 12.5 Å². The summed E-state index contributed by atoms with van der Waals surface area (Å²) in [5.74, 6) is 0.383. The molecule has 0 aliphatic rings. The van der Waals surface area contributed by atoms with Gasteiger partial charge >= 0.3 is 6.03 Å². The Morgan fingerprint density at radius 1 is 1.38 bits per heavy atom. The number of nitrogens with zero attached hydrogens (tertiary/aromatic N) is 2. The van der Waals surface area contributed by atoms with E-state index in [-0.39, 0.29) is 17.1 Å². The molecular weight excluding hydrogens is 306 g/mol. The Morgan fingerprint density at radius 2 is 2.00 bits per heavy atom. The summed E-state index contributed by atoms with van der Waals surface area (Å²) in [7, 11) is 1.68. The summed E-state index contributed by atoms with van der Waals surface area (Å²) in [5, 5.41) is 5.39. The zero-order chi connectivity index (χ0) is 16.2. The number of thiol groups is 1. The molecule has 0 aromatic carbocycles. The summed E-state index contributed by atoms with van der Waals surface area (Å²) in [6, 6.07) is -0.875. The lowest BCUT2D eigenvalue weighted by Gasteiger charge is -2.23. The van der Waals surface area contributed by atoms with Crippen molar-refractivity contribution in [3.8, 4) is 0 Å². The number of hydrogen-bond donors (Lipinski definition) is 2. The van der Waals surface area contributed by atoms with Crippen molar-refractivity contribution in [1.29, 1.82) is 0 Å². The highest BCUT2D eigenvalue weighted by Gasteiger charge is 2.23. The van der Waals surface area contributed by atoms with E-state index < -0.39 is 6.04 Å². The molecule has 5 nitrogen and oxygen atoms in total. The number of carbonyl (C=O) groups is 2. The fourth-order valence-corrected chi connectivity index (χ4v) is 2.92. The largest absolute Gasteiger partial charge is 0.327 e. The van der Waals surface area contributed by atoms with Gasteiger partial charge in [-0.15, -0.1) is 24.0 Å². The van der Waals surface area contributed by atoms with Crippen molar-refractivity contribution in [3.05, 3.63) is 16.1 Å².